The smallest absolute Gasteiger partial charge is 0.324 e. The molecule has 1 aromatic carbocycles. The van der Waals surface area contributed by atoms with Crippen molar-refractivity contribution in [2.75, 3.05) is 32.0 Å². The third kappa shape index (κ3) is 6.41. The minimum Gasteiger partial charge on any atom is -0.490 e. The zero-order valence-electron chi connectivity index (χ0n) is 18.7. The largest absolute Gasteiger partial charge is 0.490 e. The number of carbonyl (C=O) groups is 2. The van der Waals surface area contributed by atoms with Crippen molar-refractivity contribution in [3.8, 4) is 5.75 Å². The average molecular weight is 470 g/mol. The highest BCUT2D eigenvalue weighted by molar-refractivity contribution is 7.89. The monoisotopic (exact) mass is 469 g/mol. The lowest BCUT2D eigenvalue weighted by atomic mass is 10.1. The summed E-state index contributed by atoms with van der Waals surface area (Å²) >= 11 is 0. The van der Waals surface area contributed by atoms with E-state index in [1.54, 1.807) is 26.0 Å². The van der Waals surface area contributed by atoms with Crippen LogP contribution in [0.25, 0.3) is 0 Å². The van der Waals surface area contributed by atoms with Crippen LogP contribution in [0.3, 0.4) is 0 Å². The molecular weight excluding hydrogens is 437 g/mol. The Hall–Kier alpha value is -2.20. The molecule has 1 aliphatic heterocycles. The van der Waals surface area contributed by atoms with Gasteiger partial charge in [0, 0.05) is 19.1 Å². The SMILES string of the molecule is CCN([C@H](C)c1ccc(F)c(OCC2CC2)c1)S(=O)(=O)CCCCCN1CC(=O)NC1=O. The molecule has 1 N–H and O–H groups in total. The third-order valence-corrected chi connectivity index (χ3v) is 8.00. The summed E-state index contributed by atoms with van der Waals surface area (Å²) in [5.74, 6) is -0.113. The van der Waals surface area contributed by atoms with Crippen LogP contribution >= 0.6 is 0 Å². The molecular formula is C22H32FN3O5S. The minimum absolute atomic E-state index is 0.0114. The van der Waals surface area contributed by atoms with E-state index in [4.69, 9.17) is 4.74 Å². The lowest BCUT2D eigenvalue weighted by Gasteiger charge is -2.28. The number of benzene rings is 1. The van der Waals surface area contributed by atoms with Crippen LogP contribution in [0.15, 0.2) is 18.2 Å². The van der Waals surface area contributed by atoms with Crippen LogP contribution in [-0.4, -0.2) is 61.6 Å². The fourth-order valence-corrected chi connectivity index (χ4v) is 5.61. The number of imide groups is 1. The summed E-state index contributed by atoms with van der Waals surface area (Å²) in [5.41, 5.74) is 0.687. The van der Waals surface area contributed by atoms with E-state index in [0.29, 0.717) is 50.4 Å². The quantitative estimate of drug-likeness (QED) is 0.354. The summed E-state index contributed by atoms with van der Waals surface area (Å²) in [5, 5.41) is 2.22. The normalized spacial score (nSPS) is 17.7. The molecule has 3 rings (SSSR count). The summed E-state index contributed by atoms with van der Waals surface area (Å²) in [6.45, 7) is 4.84. The van der Waals surface area contributed by atoms with Gasteiger partial charge in [-0.05, 0) is 56.2 Å². The molecule has 8 nitrogen and oxygen atoms in total. The number of nitrogens with zero attached hydrogens (tertiary/aromatic N) is 2. The Morgan fingerprint density at radius 2 is 2.00 bits per heavy atom. The van der Waals surface area contributed by atoms with Gasteiger partial charge in [-0.3, -0.25) is 10.1 Å². The Labute approximate surface area is 189 Å². The first-order valence-electron chi connectivity index (χ1n) is 11.2. The zero-order chi connectivity index (χ0) is 23.3. The highest BCUT2D eigenvalue weighted by atomic mass is 32.2. The summed E-state index contributed by atoms with van der Waals surface area (Å²) < 4.78 is 47.1. The van der Waals surface area contributed by atoms with Crippen molar-refractivity contribution in [2.24, 2.45) is 5.92 Å². The molecule has 0 aromatic heterocycles. The van der Waals surface area contributed by atoms with Gasteiger partial charge < -0.3 is 9.64 Å². The highest BCUT2D eigenvalue weighted by Gasteiger charge is 2.28. The molecule has 2 fully saturated rings. The Morgan fingerprint density at radius 3 is 2.62 bits per heavy atom. The predicted molar refractivity (Wildman–Crippen MR) is 118 cm³/mol. The number of urea groups is 1. The van der Waals surface area contributed by atoms with E-state index in [9.17, 15) is 22.4 Å². The number of carbonyl (C=O) groups excluding carboxylic acids is 2. The van der Waals surface area contributed by atoms with Crippen LogP contribution in [0.1, 0.15) is 57.6 Å². The van der Waals surface area contributed by atoms with E-state index in [1.807, 2.05) is 0 Å². The number of ether oxygens (including phenoxy) is 1. The van der Waals surface area contributed by atoms with Gasteiger partial charge in [-0.25, -0.2) is 17.6 Å². The fourth-order valence-electron chi connectivity index (χ4n) is 3.81. The average Bonchev–Trinajstić information content (AvgIpc) is 3.51. The predicted octanol–water partition coefficient (Wildman–Crippen LogP) is 3.05. The van der Waals surface area contributed by atoms with Crippen LogP contribution < -0.4 is 10.1 Å². The van der Waals surface area contributed by atoms with E-state index in [-0.39, 0.29) is 24.0 Å². The lowest BCUT2D eigenvalue weighted by molar-refractivity contribution is -0.118. The van der Waals surface area contributed by atoms with Gasteiger partial charge in [0.2, 0.25) is 15.9 Å². The van der Waals surface area contributed by atoms with Gasteiger partial charge in [-0.1, -0.05) is 19.4 Å². The Balaban J connectivity index is 1.52. The number of amides is 3. The maximum Gasteiger partial charge on any atom is 0.324 e. The minimum atomic E-state index is -3.53. The van der Waals surface area contributed by atoms with Crippen LogP contribution in [0, 0.1) is 11.7 Å². The zero-order valence-corrected chi connectivity index (χ0v) is 19.5. The molecule has 10 heteroatoms. The first-order valence-corrected chi connectivity index (χ1v) is 12.8. The second-order valence-corrected chi connectivity index (χ2v) is 10.5. The highest BCUT2D eigenvalue weighted by Crippen LogP contribution is 2.32. The van der Waals surface area contributed by atoms with Gasteiger partial charge >= 0.3 is 6.03 Å². The van der Waals surface area contributed by atoms with Crippen molar-refractivity contribution in [2.45, 2.75) is 52.0 Å². The molecule has 1 saturated heterocycles. The second kappa shape index (κ2) is 10.6. The number of unbranched alkanes of at least 4 members (excludes halogenated alkanes) is 2. The molecule has 1 atom stereocenters. The molecule has 0 spiro atoms. The summed E-state index contributed by atoms with van der Waals surface area (Å²) in [6.07, 6.45) is 3.90. The second-order valence-electron chi connectivity index (χ2n) is 8.48. The molecule has 1 aromatic rings. The van der Waals surface area contributed by atoms with Gasteiger partial charge in [-0.2, -0.15) is 4.31 Å². The van der Waals surface area contributed by atoms with Crippen molar-refractivity contribution >= 4 is 22.0 Å². The number of hydrogen-bond donors (Lipinski definition) is 1. The van der Waals surface area contributed by atoms with Gasteiger partial charge in [0.25, 0.3) is 0 Å². The van der Waals surface area contributed by atoms with Crippen molar-refractivity contribution in [1.82, 2.24) is 14.5 Å². The van der Waals surface area contributed by atoms with Crippen molar-refractivity contribution in [3.05, 3.63) is 29.6 Å². The van der Waals surface area contributed by atoms with Gasteiger partial charge in [-0.15, -0.1) is 0 Å². The molecule has 1 aliphatic carbocycles. The van der Waals surface area contributed by atoms with Gasteiger partial charge in [0.15, 0.2) is 11.6 Å². The van der Waals surface area contributed by atoms with Gasteiger partial charge in [0.05, 0.1) is 12.4 Å². The Bertz CT molecular complexity index is 935. The Morgan fingerprint density at radius 1 is 1.25 bits per heavy atom. The molecule has 32 heavy (non-hydrogen) atoms. The summed E-state index contributed by atoms with van der Waals surface area (Å²) in [7, 11) is -3.53. The van der Waals surface area contributed by atoms with Crippen LogP contribution in [0.5, 0.6) is 5.75 Å². The Kier molecular flexibility index (Phi) is 8.10. The van der Waals surface area contributed by atoms with Crippen LogP contribution in [0.2, 0.25) is 0 Å². The first-order chi connectivity index (χ1) is 15.2. The van der Waals surface area contributed by atoms with Crippen LogP contribution in [0.4, 0.5) is 9.18 Å². The van der Waals surface area contributed by atoms with Crippen LogP contribution in [-0.2, 0) is 14.8 Å². The molecule has 178 valence electrons. The molecule has 1 heterocycles. The number of rotatable bonds is 13. The fraction of sp³-hybridized carbons (Fsp3) is 0.636. The van der Waals surface area contributed by atoms with Gasteiger partial charge in [0.1, 0.15) is 6.54 Å². The third-order valence-electron chi connectivity index (χ3n) is 5.91. The maximum atomic E-state index is 14.1. The molecule has 2 aliphatic rings. The van der Waals surface area contributed by atoms with E-state index < -0.39 is 27.9 Å². The van der Waals surface area contributed by atoms with E-state index >= 15 is 0 Å². The van der Waals surface area contributed by atoms with E-state index in [1.165, 1.54) is 15.3 Å². The van der Waals surface area contributed by atoms with E-state index in [2.05, 4.69) is 5.32 Å². The maximum absolute atomic E-state index is 14.1. The molecule has 3 amide bonds. The molecule has 1 saturated carbocycles. The topological polar surface area (TPSA) is 96.0 Å². The summed E-state index contributed by atoms with van der Waals surface area (Å²) in [6, 6.07) is 3.68. The first kappa shape index (κ1) is 24.4. The van der Waals surface area contributed by atoms with E-state index in [0.717, 1.165) is 12.8 Å². The molecule has 0 unspecified atom stereocenters. The summed E-state index contributed by atoms with van der Waals surface area (Å²) in [4.78, 5) is 24.1. The van der Waals surface area contributed by atoms with Crippen molar-refractivity contribution in [3.63, 3.8) is 0 Å². The van der Waals surface area contributed by atoms with Crippen molar-refractivity contribution in [1.29, 1.82) is 0 Å². The number of halogens is 1. The lowest BCUT2D eigenvalue weighted by Crippen LogP contribution is -2.35. The number of sulfonamides is 1. The van der Waals surface area contributed by atoms with Crippen molar-refractivity contribution < 1.29 is 27.1 Å². The molecule has 0 radical (unpaired) electrons. The molecule has 0 bridgehead atoms. The number of hydrogen-bond acceptors (Lipinski definition) is 5. The standard InChI is InChI=1S/C22H32FN3O5S/c1-3-26(16(2)18-9-10-19(23)20(13-18)31-15-17-7-8-17)32(29,30)12-6-4-5-11-25-14-21(27)24-22(25)28/h9-10,13,16-17H,3-8,11-12,14-15H2,1-2H3,(H,24,27,28)/t16-/m1/s1. The number of nitrogens with one attached hydrogen (secondary N) is 1.